The number of piperazine rings is 1. The predicted octanol–water partition coefficient (Wildman–Crippen LogP) is 2.79. The van der Waals surface area contributed by atoms with E-state index >= 15 is 0 Å². The van der Waals surface area contributed by atoms with E-state index in [9.17, 15) is 0 Å². The summed E-state index contributed by atoms with van der Waals surface area (Å²) < 4.78 is 0. The quantitative estimate of drug-likeness (QED) is 0.760. The van der Waals surface area contributed by atoms with Crippen LogP contribution < -0.4 is 10.6 Å². The Balaban J connectivity index is 1.65. The minimum absolute atomic E-state index is 0.679. The summed E-state index contributed by atoms with van der Waals surface area (Å²) in [5.41, 5.74) is 12.7. The molecule has 1 fully saturated rings. The highest BCUT2D eigenvalue weighted by Crippen LogP contribution is 2.28. The monoisotopic (exact) mass is 349 g/mol. The second-order valence-corrected chi connectivity index (χ2v) is 7.27. The molecule has 1 saturated heterocycles. The van der Waals surface area contributed by atoms with Crippen LogP contribution in [0.4, 0.5) is 5.69 Å². The molecule has 1 aliphatic rings. The molecule has 26 heavy (non-hydrogen) atoms. The van der Waals surface area contributed by atoms with Gasteiger partial charge in [0.1, 0.15) is 5.82 Å². The molecule has 1 aliphatic heterocycles. The van der Waals surface area contributed by atoms with E-state index in [0.717, 1.165) is 55.0 Å². The molecule has 1 aromatic heterocycles. The Kier molecular flexibility index (Phi) is 4.66. The van der Waals surface area contributed by atoms with Crippen LogP contribution in [-0.2, 0) is 6.42 Å². The maximum absolute atomic E-state index is 5.64. The van der Waals surface area contributed by atoms with Crippen LogP contribution in [0.15, 0.2) is 36.4 Å². The van der Waals surface area contributed by atoms with Crippen molar-refractivity contribution in [1.82, 2.24) is 14.9 Å². The van der Waals surface area contributed by atoms with Crippen LogP contribution in [-0.4, -0.2) is 54.6 Å². The van der Waals surface area contributed by atoms with Crippen LogP contribution in [0.25, 0.3) is 22.4 Å². The number of rotatable bonds is 4. The van der Waals surface area contributed by atoms with Crippen molar-refractivity contribution in [3.63, 3.8) is 0 Å². The van der Waals surface area contributed by atoms with Crippen molar-refractivity contribution < 1.29 is 0 Å². The van der Waals surface area contributed by atoms with E-state index in [2.05, 4.69) is 65.2 Å². The van der Waals surface area contributed by atoms with E-state index in [-0.39, 0.29) is 0 Å². The lowest BCUT2D eigenvalue weighted by Gasteiger charge is -2.34. The van der Waals surface area contributed by atoms with Gasteiger partial charge in [0, 0.05) is 37.4 Å². The zero-order valence-electron chi connectivity index (χ0n) is 15.6. The fraction of sp³-hybridized carbons (Fsp3) is 0.381. The van der Waals surface area contributed by atoms with Crippen LogP contribution in [0, 0.1) is 6.92 Å². The number of aromatic amines is 1. The van der Waals surface area contributed by atoms with Crippen molar-refractivity contribution in [2.24, 2.45) is 5.73 Å². The number of H-pyrrole nitrogens is 1. The molecule has 0 atom stereocenters. The normalized spacial score (nSPS) is 15.7. The van der Waals surface area contributed by atoms with Gasteiger partial charge >= 0.3 is 0 Å². The molecule has 0 aliphatic carbocycles. The molecule has 4 rings (SSSR count). The number of fused-ring (bicyclic) bond motifs is 1. The van der Waals surface area contributed by atoms with Gasteiger partial charge < -0.3 is 20.5 Å². The summed E-state index contributed by atoms with van der Waals surface area (Å²) in [6, 6.07) is 13.0. The van der Waals surface area contributed by atoms with Crippen molar-refractivity contribution in [3.05, 3.63) is 47.5 Å². The highest BCUT2D eigenvalue weighted by molar-refractivity contribution is 5.86. The number of nitrogens with one attached hydrogen (secondary N) is 1. The highest BCUT2D eigenvalue weighted by Gasteiger charge is 2.16. The van der Waals surface area contributed by atoms with Crippen LogP contribution in [0.1, 0.15) is 11.1 Å². The molecule has 136 valence electrons. The van der Waals surface area contributed by atoms with Crippen LogP contribution in [0.5, 0.6) is 0 Å². The zero-order chi connectivity index (χ0) is 18.1. The number of nitrogens with zero attached hydrogens (tertiary/aromatic N) is 3. The molecule has 2 aromatic carbocycles. The molecule has 3 N–H and O–H groups in total. The first-order valence-electron chi connectivity index (χ1n) is 9.37. The molecule has 5 heteroatoms. The maximum Gasteiger partial charge on any atom is 0.138 e. The molecule has 0 unspecified atom stereocenters. The lowest BCUT2D eigenvalue weighted by Crippen LogP contribution is -2.44. The molecule has 2 heterocycles. The lowest BCUT2D eigenvalue weighted by molar-refractivity contribution is 0.313. The van der Waals surface area contributed by atoms with E-state index in [1.54, 1.807) is 0 Å². The van der Waals surface area contributed by atoms with Crippen molar-refractivity contribution in [2.75, 3.05) is 44.7 Å². The maximum atomic E-state index is 5.64. The first-order chi connectivity index (χ1) is 12.6. The Morgan fingerprint density at radius 3 is 2.50 bits per heavy atom. The second-order valence-electron chi connectivity index (χ2n) is 7.27. The van der Waals surface area contributed by atoms with E-state index in [1.807, 2.05) is 0 Å². The van der Waals surface area contributed by atoms with Crippen molar-refractivity contribution in [3.8, 4) is 11.4 Å². The smallest absolute Gasteiger partial charge is 0.138 e. The van der Waals surface area contributed by atoms with Gasteiger partial charge in [-0.15, -0.1) is 0 Å². The van der Waals surface area contributed by atoms with Gasteiger partial charge in [-0.25, -0.2) is 4.98 Å². The summed E-state index contributed by atoms with van der Waals surface area (Å²) in [5.74, 6) is 0.929. The molecule has 3 aromatic rings. The Bertz CT molecular complexity index is 889. The molecule has 0 spiro atoms. The summed E-state index contributed by atoms with van der Waals surface area (Å²) in [7, 11) is 2.19. The molecule has 5 nitrogen and oxygen atoms in total. The first-order valence-corrected chi connectivity index (χ1v) is 9.37. The third-order valence-corrected chi connectivity index (χ3v) is 5.29. The van der Waals surface area contributed by atoms with Crippen molar-refractivity contribution >= 4 is 16.7 Å². The zero-order valence-corrected chi connectivity index (χ0v) is 15.6. The standard InChI is InChI=1S/C21H27N5/c1-15-13-18(26-11-9-25(2)10-12-26)14-19-20(15)24-21(23-19)17-5-3-16(4-6-17)7-8-22/h3-6,13-14H,7-12,22H2,1-2H3,(H,23,24). The van der Waals surface area contributed by atoms with Crippen LogP contribution >= 0.6 is 0 Å². The highest BCUT2D eigenvalue weighted by atomic mass is 15.2. The number of imidazole rings is 1. The number of anilines is 1. The van der Waals surface area contributed by atoms with Crippen LogP contribution in [0.2, 0.25) is 0 Å². The summed E-state index contributed by atoms with van der Waals surface area (Å²) in [6.45, 7) is 7.20. The minimum Gasteiger partial charge on any atom is -0.369 e. The summed E-state index contributed by atoms with van der Waals surface area (Å²) in [6.07, 6.45) is 0.911. The predicted molar refractivity (Wildman–Crippen MR) is 109 cm³/mol. The number of likely N-dealkylation sites (N-methyl/N-ethyl adjacent to an activating group) is 1. The van der Waals surface area contributed by atoms with E-state index in [4.69, 9.17) is 10.7 Å². The summed E-state index contributed by atoms with van der Waals surface area (Å²) in [5, 5.41) is 0. The third kappa shape index (κ3) is 3.32. The fourth-order valence-electron chi connectivity index (χ4n) is 3.65. The molecular weight excluding hydrogens is 322 g/mol. The fourth-order valence-corrected chi connectivity index (χ4v) is 3.65. The number of hydrogen-bond donors (Lipinski definition) is 2. The second kappa shape index (κ2) is 7.09. The van der Waals surface area contributed by atoms with Gasteiger partial charge in [-0.1, -0.05) is 24.3 Å². The Labute approximate surface area is 154 Å². The van der Waals surface area contributed by atoms with Crippen LogP contribution in [0.3, 0.4) is 0 Å². The van der Waals surface area contributed by atoms with Gasteiger partial charge in [0.15, 0.2) is 0 Å². The first kappa shape index (κ1) is 17.1. The number of benzene rings is 2. The Morgan fingerprint density at radius 2 is 1.81 bits per heavy atom. The van der Waals surface area contributed by atoms with Crippen molar-refractivity contribution in [2.45, 2.75) is 13.3 Å². The average Bonchev–Trinajstić information content (AvgIpc) is 3.08. The van der Waals surface area contributed by atoms with E-state index < -0.39 is 0 Å². The number of hydrogen-bond acceptors (Lipinski definition) is 4. The lowest BCUT2D eigenvalue weighted by atomic mass is 10.1. The van der Waals surface area contributed by atoms with Crippen molar-refractivity contribution in [1.29, 1.82) is 0 Å². The molecule has 0 saturated carbocycles. The molecular formula is C21H27N5. The van der Waals surface area contributed by atoms with Gasteiger partial charge in [-0.3, -0.25) is 0 Å². The number of nitrogens with two attached hydrogens (primary N) is 1. The third-order valence-electron chi connectivity index (χ3n) is 5.29. The Morgan fingerprint density at radius 1 is 1.08 bits per heavy atom. The molecule has 0 bridgehead atoms. The Hall–Kier alpha value is -2.37. The minimum atomic E-state index is 0.679. The number of aromatic nitrogens is 2. The summed E-state index contributed by atoms with van der Waals surface area (Å²) >= 11 is 0. The molecule has 0 amide bonds. The van der Waals surface area contributed by atoms with Gasteiger partial charge in [0.25, 0.3) is 0 Å². The van der Waals surface area contributed by atoms with Gasteiger partial charge in [-0.2, -0.15) is 0 Å². The topological polar surface area (TPSA) is 61.2 Å². The SMILES string of the molecule is Cc1cc(N2CCN(C)CC2)cc2[nH]c(-c3ccc(CCN)cc3)nc12. The van der Waals surface area contributed by atoms with Gasteiger partial charge in [0.2, 0.25) is 0 Å². The molecule has 0 radical (unpaired) electrons. The van der Waals surface area contributed by atoms with E-state index in [1.165, 1.54) is 16.8 Å². The largest absolute Gasteiger partial charge is 0.369 e. The summed E-state index contributed by atoms with van der Waals surface area (Å²) in [4.78, 5) is 13.2. The number of aryl methyl sites for hydroxylation is 1. The van der Waals surface area contributed by atoms with Gasteiger partial charge in [-0.05, 0) is 50.2 Å². The van der Waals surface area contributed by atoms with Gasteiger partial charge in [0.05, 0.1) is 11.0 Å². The average molecular weight is 349 g/mol. The van der Waals surface area contributed by atoms with E-state index in [0.29, 0.717) is 6.54 Å².